The molecule has 8 nitrogen and oxygen atoms in total. The standard InChI is InChI=1S/C17H15FN4O4/c1-9-4-12(8-22(9)17(24)25)21-15(23)16-20-7-14(26-16)10-2-3-13(18)11(5-10)6-19/h2-3,5,7,9,12H,4,8H2,1H3,(H,21,23)(H,24,25)/t9-,12-/m1/s1. The number of oxazole rings is 1. The lowest BCUT2D eigenvalue weighted by Crippen LogP contribution is -2.38. The largest absolute Gasteiger partial charge is 0.465 e. The lowest BCUT2D eigenvalue weighted by molar-refractivity contribution is 0.0901. The molecule has 9 heteroatoms. The molecule has 1 aromatic carbocycles. The second-order valence-corrected chi connectivity index (χ2v) is 6.03. The molecule has 0 aliphatic carbocycles. The van der Waals surface area contributed by atoms with E-state index in [1.165, 1.54) is 23.2 Å². The molecule has 1 saturated heterocycles. The van der Waals surface area contributed by atoms with Crippen LogP contribution in [0.5, 0.6) is 0 Å². The molecule has 1 aliphatic heterocycles. The molecule has 2 atom stereocenters. The summed E-state index contributed by atoms with van der Waals surface area (Å²) in [5, 5.41) is 20.6. The number of nitrogens with zero attached hydrogens (tertiary/aromatic N) is 3. The van der Waals surface area contributed by atoms with Crippen LogP contribution in [0, 0.1) is 17.1 Å². The average Bonchev–Trinajstić information content (AvgIpc) is 3.22. The van der Waals surface area contributed by atoms with Gasteiger partial charge >= 0.3 is 12.0 Å². The zero-order valence-corrected chi connectivity index (χ0v) is 13.8. The summed E-state index contributed by atoms with van der Waals surface area (Å²) in [5.41, 5.74) is 0.277. The molecule has 1 aromatic heterocycles. The number of carbonyl (C=O) groups excluding carboxylic acids is 1. The van der Waals surface area contributed by atoms with Gasteiger partial charge in [0.1, 0.15) is 11.9 Å². The van der Waals surface area contributed by atoms with Crippen molar-refractivity contribution in [2.24, 2.45) is 0 Å². The van der Waals surface area contributed by atoms with Crippen molar-refractivity contribution in [2.45, 2.75) is 25.4 Å². The molecule has 0 radical (unpaired) electrons. The maximum absolute atomic E-state index is 13.4. The molecule has 0 spiro atoms. The first-order valence-corrected chi connectivity index (χ1v) is 7.85. The van der Waals surface area contributed by atoms with E-state index in [0.29, 0.717) is 12.0 Å². The van der Waals surface area contributed by atoms with Gasteiger partial charge in [0.25, 0.3) is 5.89 Å². The molecule has 1 fully saturated rings. The van der Waals surface area contributed by atoms with E-state index in [2.05, 4.69) is 10.3 Å². The fourth-order valence-corrected chi connectivity index (χ4v) is 2.93. The third kappa shape index (κ3) is 3.35. The van der Waals surface area contributed by atoms with Gasteiger partial charge in [0, 0.05) is 24.2 Å². The summed E-state index contributed by atoms with van der Waals surface area (Å²) in [5.74, 6) is -1.18. The molecule has 26 heavy (non-hydrogen) atoms. The Morgan fingerprint density at radius 1 is 1.50 bits per heavy atom. The van der Waals surface area contributed by atoms with Crippen molar-refractivity contribution in [3.8, 4) is 17.4 Å². The Balaban J connectivity index is 1.71. The highest BCUT2D eigenvalue weighted by molar-refractivity contribution is 5.90. The van der Waals surface area contributed by atoms with E-state index in [-0.39, 0.29) is 35.8 Å². The van der Waals surface area contributed by atoms with Crippen molar-refractivity contribution in [3.05, 3.63) is 41.7 Å². The maximum Gasteiger partial charge on any atom is 0.407 e. The van der Waals surface area contributed by atoms with Gasteiger partial charge in [-0.05, 0) is 31.5 Å². The number of halogens is 1. The van der Waals surface area contributed by atoms with Crippen molar-refractivity contribution in [3.63, 3.8) is 0 Å². The lowest BCUT2D eigenvalue weighted by Gasteiger charge is -2.16. The van der Waals surface area contributed by atoms with Crippen LogP contribution in [0.3, 0.4) is 0 Å². The molecule has 134 valence electrons. The number of nitrogens with one attached hydrogen (secondary N) is 1. The van der Waals surface area contributed by atoms with Gasteiger partial charge in [-0.1, -0.05) is 0 Å². The zero-order chi connectivity index (χ0) is 18.8. The highest BCUT2D eigenvalue weighted by Crippen LogP contribution is 2.23. The summed E-state index contributed by atoms with van der Waals surface area (Å²) < 4.78 is 18.8. The van der Waals surface area contributed by atoms with Gasteiger partial charge in [0.2, 0.25) is 0 Å². The molecule has 2 aromatic rings. The highest BCUT2D eigenvalue weighted by atomic mass is 19.1. The van der Waals surface area contributed by atoms with E-state index in [0.717, 1.165) is 6.07 Å². The van der Waals surface area contributed by atoms with Crippen molar-refractivity contribution in [2.75, 3.05) is 6.54 Å². The molecule has 0 unspecified atom stereocenters. The Hall–Kier alpha value is -3.41. The van der Waals surface area contributed by atoms with Crippen LogP contribution >= 0.6 is 0 Å². The van der Waals surface area contributed by atoms with Crippen molar-refractivity contribution < 1.29 is 23.5 Å². The first-order chi connectivity index (χ1) is 12.4. The van der Waals surface area contributed by atoms with Crippen LogP contribution in [0.4, 0.5) is 9.18 Å². The number of aromatic nitrogens is 1. The maximum atomic E-state index is 13.4. The third-order valence-corrected chi connectivity index (χ3v) is 4.23. The minimum Gasteiger partial charge on any atom is -0.465 e. The first kappa shape index (κ1) is 17.4. The normalized spacial score (nSPS) is 19.2. The van der Waals surface area contributed by atoms with Crippen LogP contribution in [0.1, 0.15) is 29.6 Å². The second-order valence-electron chi connectivity index (χ2n) is 6.03. The summed E-state index contributed by atoms with van der Waals surface area (Å²) in [6.07, 6.45) is 0.774. The predicted octanol–water partition coefficient (Wildman–Crippen LogP) is 2.22. The van der Waals surface area contributed by atoms with Gasteiger partial charge in [-0.2, -0.15) is 5.26 Å². The second kappa shape index (κ2) is 6.84. The third-order valence-electron chi connectivity index (χ3n) is 4.23. The predicted molar refractivity (Wildman–Crippen MR) is 86.7 cm³/mol. The SMILES string of the molecule is C[C@@H]1C[C@@H](NC(=O)c2ncc(-c3ccc(F)c(C#N)c3)o2)CN1C(=O)O. The Kier molecular flexibility index (Phi) is 4.58. The quantitative estimate of drug-likeness (QED) is 0.868. The molecular formula is C17H15FN4O4. The van der Waals surface area contributed by atoms with Crippen LogP contribution in [0.15, 0.2) is 28.8 Å². The molecule has 2 heterocycles. The van der Waals surface area contributed by atoms with E-state index in [9.17, 15) is 14.0 Å². The van der Waals surface area contributed by atoms with Gasteiger partial charge in [-0.25, -0.2) is 14.2 Å². The number of likely N-dealkylation sites (tertiary alicyclic amines) is 1. The van der Waals surface area contributed by atoms with Crippen molar-refractivity contribution in [1.82, 2.24) is 15.2 Å². The molecule has 3 rings (SSSR count). The average molecular weight is 358 g/mol. The topological polar surface area (TPSA) is 119 Å². The van der Waals surface area contributed by atoms with Crippen LogP contribution in [0.25, 0.3) is 11.3 Å². The van der Waals surface area contributed by atoms with Crippen LogP contribution in [-0.4, -0.2) is 45.6 Å². The van der Waals surface area contributed by atoms with E-state index in [4.69, 9.17) is 14.8 Å². The van der Waals surface area contributed by atoms with Crippen LogP contribution < -0.4 is 5.32 Å². The van der Waals surface area contributed by atoms with Gasteiger partial charge in [0.05, 0.1) is 11.8 Å². The number of hydrogen-bond donors (Lipinski definition) is 2. The van der Waals surface area contributed by atoms with E-state index >= 15 is 0 Å². The fraction of sp³-hybridized carbons (Fsp3) is 0.294. The zero-order valence-electron chi connectivity index (χ0n) is 13.8. The number of rotatable bonds is 3. The molecule has 2 amide bonds. The van der Waals surface area contributed by atoms with Crippen molar-refractivity contribution >= 4 is 12.0 Å². The van der Waals surface area contributed by atoms with E-state index < -0.39 is 17.8 Å². The summed E-state index contributed by atoms with van der Waals surface area (Å²) in [7, 11) is 0. The number of hydrogen-bond acceptors (Lipinski definition) is 5. The highest BCUT2D eigenvalue weighted by Gasteiger charge is 2.33. The molecule has 1 aliphatic rings. The first-order valence-electron chi connectivity index (χ1n) is 7.85. The summed E-state index contributed by atoms with van der Waals surface area (Å²) in [4.78, 5) is 28.5. The number of benzene rings is 1. The number of carboxylic acid groups (broad SMARTS) is 1. The van der Waals surface area contributed by atoms with Crippen molar-refractivity contribution in [1.29, 1.82) is 5.26 Å². The lowest BCUT2D eigenvalue weighted by atomic mass is 10.1. The fourth-order valence-electron chi connectivity index (χ4n) is 2.93. The number of nitriles is 1. The smallest absolute Gasteiger partial charge is 0.407 e. The Morgan fingerprint density at radius 3 is 2.92 bits per heavy atom. The Morgan fingerprint density at radius 2 is 2.27 bits per heavy atom. The van der Waals surface area contributed by atoms with Gasteiger partial charge in [-0.15, -0.1) is 0 Å². The Labute approximate surface area is 147 Å². The summed E-state index contributed by atoms with van der Waals surface area (Å²) in [6.45, 7) is 1.96. The number of amides is 2. The molecule has 0 saturated carbocycles. The van der Waals surface area contributed by atoms with Crippen LogP contribution in [-0.2, 0) is 0 Å². The Bertz CT molecular complexity index is 904. The number of carbonyl (C=O) groups is 2. The minimum absolute atomic E-state index is 0.140. The summed E-state index contributed by atoms with van der Waals surface area (Å²) >= 11 is 0. The molecule has 0 bridgehead atoms. The minimum atomic E-state index is -1.03. The van der Waals surface area contributed by atoms with E-state index in [1.54, 1.807) is 13.0 Å². The summed E-state index contributed by atoms with van der Waals surface area (Å²) in [6, 6.07) is 5.07. The van der Waals surface area contributed by atoms with E-state index in [1.807, 2.05) is 0 Å². The van der Waals surface area contributed by atoms with Gasteiger partial charge in [0.15, 0.2) is 5.76 Å². The monoisotopic (exact) mass is 358 g/mol. The molecule has 2 N–H and O–H groups in total. The molecular weight excluding hydrogens is 343 g/mol. The van der Waals surface area contributed by atoms with Crippen LogP contribution in [0.2, 0.25) is 0 Å². The van der Waals surface area contributed by atoms with Gasteiger partial charge < -0.3 is 19.7 Å². The van der Waals surface area contributed by atoms with Gasteiger partial charge in [-0.3, -0.25) is 4.79 Å².